The zero-order chi connectivity index (χ0) is 15.5. The Hall–Kier alpha value is -2.20. The van der Waals surface area contributed by atoms with Crippen molar-refractivity contribution in [2.24, 2.45) is 0 Å². The van der Waals surface area contributed by atoms with Gasteiger partial charge in [-0.25, -0.2) is 4.98 Å². The monoisotopic (exact) mass is 310 g/mol. The van der Waals surface area contributed by atoms with Gasteiger partial charge in [-0.3, -0.25) is 4.79 Å². The van der Waals surface area contributed by atoms with Crippen LogP contribution in [0.3, 0.4) is 0 Å². The fourth-order valence-electron chi connectivity index (χ4n) is 2.35. The Morgan fingerprint density at radius 1 is 1.14 bits per heavy atom. The third-order valence-electron chi connectivity index (χ3n) is 3.78. The summed E-state index contributed by atoms with van der Waals surface area (Å²) in [5.74, 6) is 0.0351. The molecule has 3 rings (SSSR count). The molecule has 22 heavy (non-hydrogen) atoms. The maximum Gasteiger partial charge on any atom is 0.224 e. The van der Waals surface area contributed by atoms with E-state index in [4.69, 9.17) is 0 Å². The summed E-state index contributed by atoms with van der Waals surface area (Å²) >= 11 is 1.66. The summed E-state index contributed by atoms with van der Waals surface area (Å²) in [6, 6.07) is 14.0. The number of aryl methyl sites for hydroxylation is 2. The van der Waals surface area contributed by atoms with Crippen molar-refractivity contribution in [3.05, 3.63) is 58.6 Å². The van der Waals surface area contributed by atoms with Gasteiger partial charge in [-0.1, -0.05) is 24.3 Å². The average molecular weight is 310 g/mol. The van der Waals surface area contributed by atoms with E-state index in [1.165, 1.54) is 10.3 Å². The second-order valence-electron chi connectivity index (χ2n) is 5.37. The predicted molar refractivity (Wildman–Crippen MR) is 92.5 cm³/mol. The number of anilines is 1. The van der Waals surface area contributed by atoms with Crippen LogP contribution in [0.4, 0.5) is 5.69 Å². The van der Waals surface area contributed by atoms with Gasteiger partial charge in [0.15, 0.2) is 0 Å². The van der Waals surface area contributed by atoms with Gasteiger partial charge in [0.2, 0.25) is 5.91 Å². The molecule has 0 fully saturated rings. The number of fused-ring (bicyclic) bond motifs is 1. The molecule has 0 aliphatic rings. The molecule has 1 N–H and O–H groups in total. The number of thiazole rings is 1. The molecule has 1 heterocycles. The number of carbonyl (C=O) groups excluding carboxylic acids is 1. The lowest BCUT2D eigenvalue weighted by molar-refractivity contribution is -0.116. The van der Waals surface area contributed by atoms with E-state index in [1.807, 2.05) is 50.2 Å². The molecule has 112 valence electrons. The van der Waals surface area contributed by atoms with Crippen molar-refractivity contribution in [1.29, 1.82) is 0 Å². The smallest absolute Gasteiger partial charge is 0.224 e. The van der Waals surface area contributed by atoms with Crippen molar-refractivity contribution < 1.29 is 4.79 Å². The molecule has 0 radical (unpaired) electrons. The number of nitrogens with one attached hydrogen (secondary N) is 1. The maximum atomic E-state index is 12.1. The zero-order valence-corrected chi connectivity index (χ0v) is 13.5. The first-order valence-corrected chi connectivity index (χ1v) is 8.15. The summed E-state index contributed by atoms with van der Waals surface area (Å²) in [7, 11) is 0. The van der Waals surface area contributed by atoms with Crippen LogP contribution in [-0.2, 0) is 11.2 Å². The molecule has 4 heteroatoms. The van der Waals surface area contributed by atoms with Crippen LogP contribution in [-0.4, -0.2) is 10.9 Å². The van der Waals surface area contributed by atoms with Crippen molar-refractivity contribution in [1.82, 2.24) is 4.98 Å². The van der Waals surface area contributed by atoms with Crippen LogP contribution in [0.15, 0.2) is 42.5 Å². The highest BCUT2D eigenvalue weighted by Gasteiger charge is 2.09. The Morgan fingerprint density at radius 2 is 1.95 bits per heavy atom. The largest absolute Gasteiger partial charge is 0.326 e. The minimum Gasteiger partial charge on any atom is -0.326 e. The highest BCUT2D eigenvalue weighted by molar-refractivity contribution is 7.18. The van der Waals surface area contributed by atoms with Crippen LogP contribution >= 0.6 is 11.3 Å². The number of benzene rings is 2. The van der Waals surface area contributed by atoms with E-state index in [9.17, 15) is 4.79 Å². The highest BCUT2D eigenvalue weighted by atomic mass is 32.1. The number of aromatic nitrogens is 1. The Morgan fingerprint density at radius 3 is 2.77 bits per heavy atom. The molecule has 0 atom stereocenters. The molecule has 0 unspecified atom stereocenters. The number of carbonyl (C=O) groups is 1. The molecule has 1 aromatic heterocycles. The van der Waals surface area contributed by atoms with Crippen LogP contribution in [0.5, 0.6) is 0 Å². The lowest BCUT2D eigenvalue weighted by Gasteiger charge is -2.09. The normalized spacial score (nSPS) is 10.8. The van der Waals surface area contributed by atoms with Gasteiger partial charge in [-0.05, 0) is 43.2 Å². The molecule has 0 saturated heterocycles. The summed E-state index contributed by atoms with van der Waals surface area (Å²) < 4.78 is 1.17. The Bertz CT molecular complexity index is 790. The highest BCUT2D eigenvalue weighted by Crippen LogP contribution is 2.23. The number of para-hydroxylation sites is 1. The molecule has 3 aromatic rings. The summed E-state index contributed by atoms with van der Waals surface area (Å²) in [5, 5.41) is 4.00. The molecule has 1 amide bonds. The van der Waals surface area contributed by atoms with Crippen LogP contribution < -0.4 is 5.32 Å². The molecule has 0 aliphatic carbocycles. The Kier molecular flexibility index (Phi) is 4.20. The standard InChI is InChI=1S/C18H18N2OS/c1-12-6-5-8-14(13(12)2)19-17(21)10-11-18-20-15-7-3-4-9-16(15)22-18/h3-9H,10-11H2,1-2H3,(H,19,21). The zero-order valence-electron chi connectivity index (χ0n) is 12.7. The molecule has 0 aliphatic heterocycles. The lowest BCUT2D eigenvalue weighted by atomic mass is 10.1. The van der Waals surface area contributed by atoms with Crippen molar-refractivity contribution in [2.75, 3.05) is 5.32 Å². The summed E-state index contributed by atoms with van der Waals surface area (Å²) in [5.41, 5.74) is 4.21. The fourth-order valence-corrected chi connectivity index (χ4v) is 3.31. The van der Waals surface area contributed by atoms with Crippen LogP contribution in [0.25, 0.3) is 10.2 Å². The van der Waals surface area contributed by atoms with Gasteiger partial charge in [-0.15, -0.1) is 11.3 Å². The molecular weight excluding hydrogens is 292 g/mol. The van der Waals surface area contributed by atoms with E-state index >= 15 is 0 Å². The van der Waals surface area contributed by atoms with E-state index in [0.717, 1.165) is 21.8 Å². The molecular formula is C18H18N2OS. The summed E-state index contributed by atoms with van der Waals surface area (Å²) in [4.78, 5) is 16.7. The predicted octanol–water partition coefficient (Wildman–Crippen LogP) is 4.48. The minimum atomic E-state index is 0.0351. The van der Waals surface area contributed by atoms with E-state index in [1.54, 1.807) is 11.3 Å². The quantitative estimate of drug-likeness (QED) is 0.771. The van der Waals surface area contributed by atoms with Gasteiger partial charge >= 0.3 is 0 Å². The summed E-state index contributed by atoms with van der Waals surface area (Å²) in [6.07, 6.45) is 1.13. The maximum absolute atomic E-state index is 12.1. The molecule has 0 saturated carbocycles. The number of nitrogens with zero attached hydrogens (tertiary/aromatic N) is 1. The van der Waals surface area contributed by atoms with E-state index in [0.29, 0.717) is 12.8 Å². The first kappa shape index (κ1) is 14.7. The van der Waals surface area contributed by atoms with E-state index in [2.05, 4.69) is 16.4 Å². The van der Waals surface area contributed by atoms with Crippen molar-refractivity contribution in [3.8, 4) is 0 Å². The molecule has 2 aromatic carbocycles. The lowest BCUT2D eigenvalue weighted by Crippen LogP contribution is -2.13. The third kappa shape index (κ3) is 3.17. The second-order valence-corrected chi connectivity index (χ2v) is 6.49. The van der Waals surface area contributed by atoms with Crippen molar-refractivity contribution >= 4 is 33.1 Å². The van der Waals surface area contributed by atoms with Gasteiger partial charge in [-0.2, -0.15) is 0 Å². The van der Waals surface area contributed by atoms with Crippen molar-refractivity contribution in [2.45, 2.75) is 26.7 Å². The second kappa shape index (κ2) is 6.28. The fraction of sp³-hybridized carbons (Fsp3) is 0.222. The van der Waals surface area contributed by atoms with Gasteiger partial charge in [0.1, 0.15) is 0 Å². The Balaban J connectivity index is 1.63. The molecule has 0 bridgehead atoms. The number of hydrogen-bond donors (Lipinski definition) is 1. The molecule has 0 spiro atoms. The van der Waals surface area contributed by atoms with Gasteiger partial charge < -0.3 is 5.32 Å². The first-order chi connectivity index (χ1) is 10.6. The van der Waals surface area contributed by atoms with Gasteiger partial charge in [0, 0.05) is 18.5 Å². The number of rotatable bonds is 4. The number of hydrogen-bond acceptors (Lipinski definition) is 3. The van der Waals surface area contributed by atoms with E-state index < -0.39 is 0 Å². The van der Waals surface area contributed by atoms with Crippen molar-refractivity contribution in [3.63, 3.8) is 0 Å². The molecule has 3 nitrogen and oxygen atoms in total. The van der Waals surface area contributed by atoms with Crippen LogP contribution in [0, 0.1) is 13.8 Å². The minimum absolute atomic E-state index is 0.0351. The van der Waals surface area contributed by atoms with Gasteiger partial charge in [0.25, 0.3) is 0 Å². The van der Waals surface area contributed by atoms with Gasteiger partial charge in [0.05, 0.1) is 15.2 Å². The number of amides is 1. The van der Waals surface area contributed by atoms with Crippen LogP contribution in [0.1, 0.15) is 22.6 Å². The average Bonchev–Trinajstić information content (AvgIpc) is 2.93. The van der Waals surface area contributed by atoms with E-state index in [-0.39, 0.29) is 5.91 Å². The summed E-state index contributed by atoms with van der Waals surface area (Å²) in [6.45, 7) is 4.07. The Labute approximate surface area is 134 Å². The first-order valence-electron chi connectivity index (χ1n) is 7.34. The third-order valence-corrected chi connectivity index (χ3v) is 4.88. The topological polar surface area (TPSA) is 42.0 Å². The van der Waals surface area contributed by atoms with Crippen LogP contribution in [0.2, 0.25) is 0 Å². The SMILES string of the molecule is Cc1cccc(NC(=O)CCc2nc3ccccc3s2)c1C.